The lowest BCUT2D eigenvalue weighted by molar-refractivity contribution is -0.116. The van der Waals surface area contributed by atoms with Gasteiger partial charge in [-0.15, -0.1) is 0 Å². The van der Waals surface area contributed by atoms with Crippen molar-refractivity contribution in [3.63, 3.8) is 0 Å². The molecule has 0 spiro atoms. The molecule has 0 saturated heterocycles. The van der Waals surface area contributed by atoms with E-state index < -0.39 is 0 Å². The zero-order valence-electron chi connectivity index (χ0n) is 21.5. The van der Waals surface area contributed by atoms with Crippen molar-refractivity contribution in [2.75, 3.05) is 23.7 Å². The van der Waals surface area contributed by atoms with Gasteiger partial charge in [0.25, 0.3) is 0 Å². The molecular weight excluding hydrogens is 497 g/mol. The first-order valence-corrected chi connectivity index (χ1v) is 12.6. The fourth-order valence-electron chi connectivity index (χ4n) is 3.53. The summed E-state index contributed by atoms with van der Waals surface area (Å²) in [6.07, 6.45) is 0. The van der Waals surface area contributed by atoms with E-state index in [-0.39, 0.29) is 29.8 Å². The fourth-order valence-corrected chi connectivity index (χ4v) is 3.93. The topological polar surface area (TPSA) is 79.3 Å². The Morgan fingerprint density at radius 3 is 2.33 bits per heavy atom. The number of halogens is 2. The second kappa shape index (κ2) is 11.4. The molecule has 3 amide bonds. The molecule has 0 aliphatic heterocycles. The molecule has 0 atom stereocenters. The number of carbonyl (C=O) groups excluding carboxylic acids is 2. The molecule has 2 aromatic carbocycles. The van der Waals surface area contributed by atoms with Crippen LogP contribution in [-0.4, -0.2) is 39.7 Å². The minimum atomic E-state index is -0.381. The minimum Gasteiger partial charge on any atom is -0.315 e. The smallest absolute Gasteiger partial charge is 0.315 e. The molecule has 36 heavy (non-hydrogen) atoms. The highest BCUT2D eigenvalue weighted by Crippen LogP contribution is 2.29. The van der Waals surface area contributed by atoms with Crippen LogP contribution in [0.5, 0.6) is 0 Å². The van der Waals surface area contributed by atoms with Crippen molar-refractivity contribution in [3.8, 4) is 5.69 Å². The summed E-state index contributed by atoms with van der Waals surface area (Å²) in [7, 11) is 0. The first-order valence-electron chi connectivity index (χ1n) is 11.8. The molecule has 192 valence electrons. The second-order valence-corrected chi connectivity index (χ2v) is 11.1. The van der Waals surface area contributed by atoms with E-state index in [1.54, 1.807) is 22.9 Å². The number of rotatable bonds is 7. The number of amides is 3. The number of nitrogens with one attached hydrogen (secondary N) is 2. The summed E-state index contributed by atoms with van der Waals surface area (Å²) in [5, 5.41) is 11.5. The number of hydrogen-bond donors (Lipinski definition) is 2. The molecule has 0 radical (unpaired) electrons. The number of aromatic nitrogens is 2. The zero-order valence-corrected chi connectivity index (χ0v) is 23.0. The maximum Gasteiger partial charge on any atom is 0.322 e. The van der Waals surface area contributed by atoms with E-state index in [0.29, 0.717) is 33.8 Å². The van der Waals surface area contributed by atoms with E-state index in [1.807, 2.05) is 71.9 Å². The van der Waals surface area contributed by atoms with Crippen LogP contribution in [0.3, 0.4) is 0 Å². The van der Waals surface area contributed by atoms with Crippen LogP contribution in [0, 0.1) is 12.8 Å². The third-order valence-corrected chi connectivity index (χ3v) is 6.18. The van der Waals surface area contributed by atoms with Gasteiger partial charge in [0, 0.05) is 28.7 Å². The molecule has 0 bridgehead atoms. The molecular formula is C27H33Cl2N5O2. The van der Waals surface area contributed by atoms with Gasteiger partial charge in [-0.2, -0.15) is 5.10 Å². The second-order valence-electron chi connectivity index (χ2n) is 10.2. The molecule has 3 rings (SSSR count). The highest BCUT2D eigenvalue weighted by Gasteiger charge is 2.24. The van der Waals surface area contributed by atoms with Crippen LogP contribution in [0.2, 0.25) is 10.0 Å². The lowest BCUT2D eigenvalue weighted by Crippen LogP contribution is -2.42. The SMILES string of the molecule is Cc1ccc(NC(=O)N(CC(=O)Nc2cc(C(C)(C)C)nn2-c2ccccc2Cl)CC(C)C)cc1Cl. The highest BCUT2D eigenvalue weighted by atomic mass is 35.5. The Bertz CT molecular complexity index is 1250. The summed E-state index contributed by atoms with van der Waals surface area (Å²) in [5.41, 5.74) is 2.68. The van der Waals surface area contributed by atoms with Gasteiger partial charge < -0.3 is 15.5 Å². The summed E-state index contributed by atoms with van der Waals surface area (Å²) in [6.45, 7) is 12.3. The fraction of sp³-hybridized carbons (Fsp3) is 0.370. The van der Waals surface area contributed by atoms with Gasteiger partial charge in [-0.25, -0.2) is 9.48 Å². The Morgan fingerprint density at radius 1 is 1.03 bits per heavy atom. The monoisotopic (exact) mass is 529 g/mol. The Morgan fingerprint density at radius 2 is 1.72 bits per heavy atom. The Kier molecular flexibility index (Phi) is 8.69. The summed E-state index contributed by atoms with van der Waals surface area (Å²) < 4.78 is 1.63. The number of hydrogen-bond acceptors (Lipinski definition) is 3. The van der Waals surface area contributed by atoms with Gasteiger partial charge in [-0.1, -0.05) is 76.0 Å². The average molecular weight is 531 g/mol. The number of urea groups is 1. The first kappa shape index (κ1) is 27.6. The maximum absolute atomic E-state index is 13.2. The Balaban J connectivity index is 1.83. The normalized spacial score (nSPS) is 11.5. The van der Waals surface area contributed by atoms with Crippen LogP contribution in [0.25, 0.3) is 5.69 Å². The van der Waals surface area contributed by atoms with Gasteiger partial charge in [-0.05, 0) is 42.7 Å². The van der Waals surface area contributed by atoms with Crippen molar-refractivity contribution in [2.24, 2.45) is 5.92 Å². The molecule has 2 N–H and O–H groups in total. The number of para-hydroxylation sites is 1. The molecule has 0 aliphatic carbocycles. The summed E-state index contributed by atoms with van der Waals surface area (Å²) in [4.78, 5) is 27.7. The van der Waals surface area contributed by atoms with E-state index >= 15 is 0 Å². The lowest BCUT2D eigenvalue weighted by atomic mass is 9.92. The van der Waals surface area contributed by atoms with Crippen LogP contribution >= 0.6 is 23.2 Å². The molecule has 7 nitrogen and oxygen atoms in total. The number of benzene rings is 2. The standard InChI is InChI=1S/C27H33Cl2N5O2/c1-17(2)15-33(26(36)30-19-12-11-18(3)21(29)13-19)16-25(35)31-24-14-23(27(4,5)6)32-34(24)22-10-8-7-9-20(22)28/h7-14,17H,15-16H2,1-6H3,(H,30,36)(H,31,35). The largest absolute Gasteiger partial charge is 0.322 e. The third kappa shape index (κ3) is 7.02. The van der Waals surface area contributed by atoms with Crippen LogP contribution < -0.4 is 10.6 Å². The van der Waals surface area contributed by atoms with E-state index in [4.69, 9.17) is 28.3 Å². The Hall–Kier alpha value is -3.03. The van der Waals surface area contributed by atoms with Crippen molar-refractivity contribution in [2.45, 2.75) is 47.0 Å². The van der Waals surface area contributed by atoms with E-state index in [2.05, 4.69) is 10.6 Å². The van der Waals surface area contributed by atoms with Crippen LogP contribution in [0.15, 0.2) is 48.5 Å². The predicted molar refractivity (Wildman–Crippen MR) is 148 cm³/mol. The predicted octanol–water partition coefficient (Wildman–Crippen LogP) is 6.91. The van der Waals surface area contributed by atoms with Crippen molar-refractivity contribution in [1.29, 1.82) is 0 Å². The quantitative estimate of drug-likeness (QED) is 0.348. The third-order valence-electron chi connectivity index (χ3n) is 5.46. The van der Waals surface area contributed by atoms with Crippen molar-refractivity contribution in [3.05, 3.63) is 69.8 Å². The van der Waals surface area contributed by atoms with Gasteiger partial charge in [0.1, 0.15) is 12.4 Å². The van der Waals surface area contributed by atoms with E-state index in [0.717, 1.165) is 11.3 Å². The van der Waals surface area contributed by atoms with Crippen molar-refractivity contribution < 1.29 is 9.59 Å². The van der Waals surface area contributed by atoms with Gasteiger partial charge in [0.15, 0.2) is 0 Å². The molecule has 1 aromatic heterocycles. The van der Waals surface area contributed by atoms with Gasteiger partial charge in [0.05, 0.1) is 16.4 Å². The van der Waals surface area contributed by atoms with Crippen LogP contribution in [0.4, 0.5) is 16.3 Å². The highest BCUT2D eigenvalue weighted by molar-refractivity contribution is 6.32. The van der Waals surface area contributed by atoms with E-state index in [1.165, 1.54) is 4.90 Å². The van der Waals surface area contributed by atoms with Gasteiger partial charge in [0.2, 0.25) is 5.91 Å². The maximum atomic E-state index is 13.2. The van der Waals surface area contributed by atoms with Gasteiger partial charge >= 0.3 is 6.03 Å². The zero-order chi connectivity index (χ0) is 26.6. The molecule has 0 aliphatic rings. The summed E-state index contributed by atoms with van der Waals surface area (Å²) in [6, 6.07) is 14.1. The van der Waals surface area contributed by atoms with Crippen LogP contribution in [0.1, 0.15) is 45.9 Å². The molecule has 3 aromatic rings. The summed E-state index contributed by atoms with van der Waals surface area (Å²) >= 11 is 12.6. The first-order chi connectivity index (χ1) is 16.8. The molecule has 0 saturated carbocycles. The number of nitrogens with zero attached hydrogens (tertiary/aromatic N) is 3. The number of anilines is 2. The van der Waals surface area contributed by atoms with Crippen molar-refractivity contribution >= 4 is 46.6 Å². The minimum absolute atomic E-state index is 0.137. The number of carbonyl (C=O) groups is 2. The van der Waals surface area contributed by atoms with Crippen LogP contribution in [-0.2, 0) is 10.2 Å². The van der Waals surface area contributed by atoms with E-state index in [9.17, 15) is 9.59 Å². The molecule has 0 unspecified atom stereocenters. The lowest BCUT2D eigenvalue weighted by Gasteiger charge is -2.24. The van der Waals surface area contributed by atoms with Gasteiger partial charge in [-0.3, -0.25) is 4.79 Å². The molecule has 0 fully saturated rings. The molecule has 9 heteroatoms. The molecule has 1 heterocycles. The summed E-state index contributed by atoms with van der Waals surface area (Å²) in [5.74, 6) is 0.293. The average Bonchev–Trinajstić information content (AvgIpc) is 3.19. The Labute approximate surface area is 222 Å². The van der Waals surface area contributed by atoms with Crippen molar-refractivity contribution in [1.82, 2.24) is 14.7 Å². The number of aryl methyl sites for hydroxylation is 1.